The van der Waals surface area contributed by atoms with Gasteiger partial charge in [-0.05, 0) is 6.07 Å². The number of aromatic nitrogens is 2. The number of rotatable bonds is 1. The van der Waals surface area contributed by atoms with Gasteiger partial charge in [0, 0.05) is 17.8 Å². The first kappa shape index (κ1) is 11.4. The first-order chi connectivity index (χ1) is 7.98. The Hall–Kier alpha value is -2.11. The summed E-state index contributed by atoms with van der Waals surface area (Å²) in [5.74, 6) is -0.0922. The lowest BCUT2D eigenvalue weighted by atomic mass is 10.1. The molecule has 0 saturated carbocycles. The Morgan fingerprint density at radius 3 is 2.47 bits per heavy atom. The van der Waals surface area contributed by atoms with Gasteiger partial charge >= 0.3 is 6.18 Å². The first-order valence-corrected chi connectivity index (χ1v) is 4.70. The lowest BCUT2D eigenvalue weighted by Gasteiger charge is -2.11. The van der Waals surface area contributed by atoms with Gasteiger partial charge in [0.15, 0.2) is 0 Å². The molecule has 2 aromatic rings. The van der Waals surface area contributed by atoms with Gasteiger partial charge in [-0.25, -0.2) is 4.98 Å². The van der Waals surface area contributed by atoms with Gasteiger partial charge in [0.25, 0.3) is 5.56 Å². The standard InChI is InChI=1S/C11H7F3N2O/c12-11(13,14)8-4-2-1-3-7(8)10-15-6-5-9(17)16-10/h1-6H,(H,15,16,17). The SMILES string of the molecule is O=c1ccnc(-c2ccccc2C(F)(F)F)[nH]1. The molecule has 1 aromatic carbocycles. The van der Waals surface area contributed by atoms with Crippen molar-refractivity contribution in [1.29, 1.82) is 0 Å². The molecule has 1 aromatic heterocycles. The molecule has 0 aliphatic heterocycles. The van der Waals surface area contributed by atoms with E-state index in [1.165, 1.54) is 24.4 Å². The lowest BCUT2D eigenvalue weighted by Crippen LogP contribution is -2.11. The van der Waals surface area contributed by atoms with Gasteiger partial charge in [-0.2, -0.15) is 13.2 Å². The maximum Gasteiger partial charge on any atom is 0.417 e. The van der Waals surface area contributed by atoms with Crippen molar-refractivity contribution in [3.8, 4) is 11.4 Å². The highest BCUT2D eigenvalue weighted by atomic mass is 19.4. The Labute approximate surface area is 94.0 Å². The number of aromatic amines is 1. The van der Waals surface area contributed by atoms with E-state index in [1.807, 2.05) is 0 Å². The molecule has 0 amide bonds. The number of hydrogen-bond acceptors (Lipinski definition) is 2. The molecule has 0 aliphatic rings. The van der Waals surface area contributed by atoms with Crippen LogP contribution in [0.4, 0.5) is 13.2 Å². The molecule has 1 heterocycles. The van der Waals surface area contributed by atoms with Gasteiger partial charge in [-0.3, -0.25) is 4.79 Å². The maximum atomic E-state index is 12.7. The molecule has 2 rings (SSSR count). The topological polar surface area (TPSA) is 45.8 Å². The van der Waals surface area contributed by atoms with Crippen molar-refractivity contribution in [2.75, 3.05) is 0 Å². The number of halogens is 3. The van der Waals surface area contributed by atoms with Crippen molar-refractivity contribution in [2.24, 2.45) is 0 Å². The van der Waals surface area contributed by atoms with Crippen molar-refractivity contribution in [3.63, 3.8) is 0 Å². The van der Waals surface area contributed by atoms with Crippen LogP contribution >= 0.6 is 0 Å². The predicted molar refractivity (Wildman–Crippen MR) is 55.3 cm³/mol. The van der Waals surface area contributed by atoms with Crippen molar-refractivity contribution < 1.29 is 13.2 Å². The highest BCUT2D eigenvalue weighted by Crippen LogP contribution is 2.35. The molecular formula is C11H7F3N2O. The van der Waals surface area contributed by atoms with Crippen molar-refractivity contribution in [3.05, 3.63) is 52.4 Å². The minimum absolute atomic E-state index is 0.0922. The zero-order valence-electron chi connectivity index (χ0n) is 8.45. The Kier molecular flexibility index (Phi) is 2.71. The Balaban J connectivity index is 2.64. The third-order valence-corrected chi connectivity index (χ3v) is 2.16. The molecule has 0 bridgehead atoms. The molecule has 6 heteroatoms. The average molecular weight is 240 g/mol. The van der Waals surface area contributed by atoms with Gasteiger partial charge in [0.2, 0.25) is 0 Å². The van der Waals surface area contributed by atoms with Gasteiger partial charge in [0.1, 0.15) is 5.82 Å². The molecule has 0 spiro atoms. The fraction of sp³-hybridized carbons (Fsp3) is 0.0909. The molecule has 0 saturated heterocycles. The molecule has 17 heavy (non-hydrogen) atoms. The summed E-state index contributed by atoms with van der Waals surface area (Å²) < 4.78 is 38.1. The Bertz CT molecular complexity index is 590. The number of benzene rings is 1. The van der Waals surface area contributed by atoms with Crippen LogP contribution in [0.3, 0.4) is 0 Å². The molecule has 0 aliphatic carbocycles. The van der Waals surface area contributed by atoms with Crippen LogP contribution in [0.2, 0.25) is 0 Å². The smallest absolute Gasteiger partial charge is 0.307 e. The molecule has 0 fully saturated rings. The lowest BCUT2D eigenvalue weighted by molar-refractivity contribution is -0.137. The third kappa shape index (κ3) is 2.35. The second-order valence-electron chi connectivity index (χ2n) is 3.33. The number of nitrogens with one attached hydrogen (secondary N) is 1. The minimum atomic E-state index is -4.48. The van der Waals surface area contributed by atoms with Crippen LogP contribution in [0.25, 0.3) is 11.4 Å². The average Bonchev–Trinajstić information content (AvgIpc) is 2.28. The zero-order chi connectivity index (χ0) is 12.5. The fourth-order valence-electron chi connectivity index (χ4n) is 1.44. The van der Waals surface area contributed by atoms with E-state index in [1.54, 1.807) is 0 Å². The van der Waals surface area contributed by atoms with Crippen LogP contribution < -0.4 is 5.56 Å². The molecule has 1 N–H and O–H groups in total. The quantitative estimate of drug-likeness (QED) is 0.832. The highest BCUT2D eigenvalue weighted by Gasteiger charge is 2.33. The van der Waals surface area contributed by atoms with Crippen LogP contribution in [0.15, 0.2) is 41.3 Å². The zero-order valence-corrected chi connectivity index (χ0v) is 8.45. The highest BCUT2D eigenvalue weighted by molar-refractivity contribution is 5.60. The molecule has 3 nitrogen and oxygen atoms in total. The van der Waals surface area contributed by atoms with E-state index in [2.05, 4.69) is 9.97 Å². The van der Waals surface area contributed by atoms with E-state index in [9.17, 15) is 18.0 Å². The number of H-pyrrole nitrogens is 1. The predicted octanol–water partition coefficient (Wildman–Crippen LogP) is 2.46. The van der Waals surface area contributed by atoms with Crippen LogP contribution in [0.1, 0.15) is 5.56 Å². The monoisotopic (exact) mass is 240 g/mol. The summed E-state index contributed by atoms with van der Waals surface area (Å²) in [6.07, 6.45) is -3.31. The second kappa shape index (κ2) is 4.04. The van der Waals surface area contributed by atoms with E-state index in [0.717, 1.165) is 12.1 Å². The summed E-state index contributed by atoms with van der Waals surface area (Å²) in [4.78, 5) is 17.0. The number of hydrogen-bond donors (Lipinski definition) is 1. The van der Waals surface area contributed by atoms with E-state index in [0.29, 0.717) is 0 Å². The van der Waals surface area contributed by atoms with Gasteiger partial charge < -0.3 is 4.98 Å². The fourth-order valence-corrected chi connectivity index (χ4v) is 1.44. The second-order valence-corrected chi connectivity index (χ2v) is 3.33. The van der Waals surface area contributed by atoms with Crippen LogP contribution in [0.5, 0.6) is 0 Å². The summed E-state index contributed by atoms with van der Waals surface area (Å²) in [7, 11) is 0. The van der Waals surface area contributed by atoms with Gasteiger partial charge in [-0.1, -0.05) is 18.2 Å². The summed E-state index contributed by atoms with van der Waals surface area (Å²) in [5, 5.41) is 0. The van der Waals surface area contributed by atoms with E-state index in [4.69, 9.17) is 0 Å². The minimum Gasteiger partial charge on any atom is -0.307 e. The summed E-state index contributed by atoms with van der Waals surface area (Å²) in [6.45, 7) is 0. The molecule has 88 valence electrons. The molecular weight excluding hydrogens is 233 g/mol. The van der Waals surface area contributed by atoms with Gasteiger partial charge in [0.05, 0.1) is 5.56 Å². The summed E-state index contributed by atoms with van der Waals surface area (Å²) >= 11 is 0. The molecule has 0 unspecified atom stereocenters. The van der Waals surface area contributed by atoms with E-state index >= 15 is 0 Å². The Morgan fingerprint density at radius 1 is 1.12 bits per heavy atom. The number of nitrogens with zero attached hydrogens (tertiary/aromatic N) is 1. The van der Waals surface area contributed by atoms with Crippen LogP contribution in [0, 0.1) is 0 Å². The summed E-state index contributed by atoms with van der Waals surface area (Å²) in [6, 6.07) is 6.09. The van der Waals surface area contributed by atoms with E-state index in [-0.39, 0.29) is 11.4 Å². The molecule has 0 atom stereocenters. The van der Waals surface area contributed by atoms with Crippen molar-refractivity contribution in [1.82, 2.24) is 9.97 Å². The van der Waals surface area contributed by atoms with Crippen molar-refractivity contribution >= 4 is 0 Å². The van der Waals surface area contributed by atoms with Crippen LogP contribution in [-0.4, -0.2) is 9.97 Å². The van der Waals surface area contributed by atoms with Crippen molar-refractivity contribution in [2.45, 2.75) is 6.18 Å². The van der Waals surface area contributed by atoms with E-state index < -0.39 is 17.3 Å². The Morgan fingerprint density at radius 2 is 1.82 bits per heavy atom. The summed E-state index contributed by atoms with van der Waals surface area (Å²) in [5.41, 5.74) is -1.46. The largest absolute Gasteiger partial charge is 0.417 e. The van der Waals surface area contributed by atoms with Crippen LogP contribution in [-0.2, 0) is 6.18 Å². The maximum absolute atomic E-state index is 12.7. The third-order valence-electron chi connectivity index (χ3n) is 2.16. The molecule has 0 radical (unpaired) electrons. The normalized spacial score (nSPS) is 11.5. The number of alkyl halides is 3. The van der Waals surface area contributed by atoms with Gasteiger partial charge in [-0.15, -0.1) is 0 Å². The first-order valence-electron chi connectivity index (χ1n) is 4.70.